The Balaban J connectivity index is 1.69. The third-order valence-corrected chi connectivity index (χ3v) is 6.76. The van der Waals surface area contributed by atoms with Gasteiger partial charge >= 0.3 is 5.97 Å². The number of carboxylic acids is 1. The van der Waals surface area contributed by atoms with Crippen LogP contribution in [0, 0.1) is 11.2 Å². The van der Waals surface area contributed by atoms with Gasteiger partial charge in [0.1, 0.15) is 6.04 Å². The molecule has 0 saturated heterocycles. The Kier molecular flexibility index (Phi) is 9.03. The number of tetrazole rings is 1. The van der Waals surface area contributed by atoms with Gasteiger partial charge in [-0.05, 0) is 59.2 Å². The van der Waals surface area contributed by atoms with Crippen molar-refractivity contribution in [1.82, 2.24) is 25.5 Å². The SMILES string of the molecule is CC(C)(C)C(NC(=O)C=Cc1c(-n2ncnn2)ccc(Cl)c1F)C(=O)N(c1ccccc1)c1ccc(C(=O)O)c(Cl)c1. The second-order valence-corrected chi connectivity index (χ2v) is 11.0. The van der Waals surface area contributed by atoms with Crippen LogP contribution in [0.1, 0.15) is 36.7 Å². The van der Waals surface area contributed by atoms with Crippen molar-refractivity contribution in [2.45, 2.75) is 26.8 Å². The fourth-order valence-corrected chi connectivity index (χ4v) is 4.51. The monoisotopic (exact) mass is 610 g/mol. The second kappa shape index (κ2) is 12.5. The highest BCUT2D eigenvalue weighted by Gasteiger charge is 2.37. The van der Waals surface area contributed by atoms with Gasteiger partial charge in [0.25, 0.3) is 5.91 Å². The fourth-order valence-electron chi connectivity index (χ4n) is 4.09. The van der Waals surface area contributed by atoms with E-state index in [1.807, 2.05) is 0 Å². The molecule has 0 bridgehead atoms. The van der Waals surface area contributed by atoms with Gasteiger partial charge in [0, 0.05) is 17.3 Å². The van der Waals surface area contributed by atoms with Gasteiger partial charge in [-0.3, -0.25) is 14.5 Å². The van der Waals surface area contributed by atoms with Crippen molar-refractivity contribution in [1.29, 1.82) is 0 Å². The Bertz CT molecular complexity index is 1660. The first-order valence-corrected chi connectivity index (χ1v) is 13.3. The van der Waals surface area contributed by atoms with Crippen LogP contribution >= 0.6 is 23.2 Å². The third-order valence-electron chi connectivity index (χ3n) is 6.15. The molecule has 2 N–H and O–H groups in total. The van der Waals surface area contributed by atoms with Crippen molar-refractivity contribution in [3.63, 3.8) is 0 Å². The van der Waals surface area contributed by atoms with Gasteiger partial charge in [-0.1, -0.05) is 62.2 Å². The molecule has 0 aliphatic carbocycles. The highest BCUT2D eigenvalue weighted by molar-refractivity contribution is 6.34. The molecule has 4 rings (SSSR count). The van der Waals surface area contributed by atoms with Crippen molar-refractivity contribution in [2.24, 2.45) is 5.41 Å². The molecule has 4 aromatic rings. The second-order valence-electron chi connectivity index (χ2n) is 10.1. The summed E-state index contributed by atoms with van der Waals surface area (Å²) in [5.74, 6) is -3.21. The molecule has 0 spiro atoms. The Labute approximate surface area is 250 Å². The normalized spacial score (nSPS) is 12.2. The molecule has 216 valence electrons. The minimum atomic E-state index is -1.21. The molecule has 0 aliphatic rings. The van der Waals surface area contributed by atoms with Crippen LogP contribution in [0.3, 0.4) is 0 Å². The number of hydrogen-bond acceptors (Lipinski definition) is 6. The van der Waals surface area contributed by atoms with E-state index in [4.69, 9.17) is 23.2 Å². The van der Waals surface area contributed by atoms with E-state index in [9.17, 15) is 23.9 Å². The van der Waals surface area contributed by atoms with Crippen molar-refractivity contribution in [3.05, 3.63) is 100 Å². The number of halogens is 3. The fraction of sp³-hybridized carbons (Fsp3) is 0.172. The summed E-state index contributed by atoms with van der Waals surface area (Å²) >= 11 is 12.2. The van der Waals surface area contributed by atoms with Crippen molar-refractivity contribution >= 4 is 58.4 Å². The number of carboxylic acid groups (broad SMARTS) is 1. The van der Waals surface area contributed by atoms with Gasteiger partial charge in [-0.2, -0.15) is 0 Å². The maximum absolute atomic E-state index is 15.0. The number of nitrogens with zero attached hydrogens (tertiary/aromatic N) is 5. The van der Waals surface area contributed by atoms with E-state index in [2.05, 4.69) is 20.7 Å². The summed E-state index contributed by atoms with van der Waals surface area (Å²) in [6.07, 6.45) is 3.46. The van der Waals surface area contributed by atoms with E-state index in [0.717, 1.165) is 10.9 Å². The predicted molar refractivity (Wildman–Crippen MR) is 157 cm³/mol. The molecule has 1 aromatic heterocycles. The van der Waals surface area contributed by atoms with Crippen LogP contribution in [0.25, 0.3) is 11.8 Å². The zero-order valence-corrected chi connectivity index (χ0v) is 24.1. The maximum atomic E-state index is 15.0. The van der Waals surface area contributed by atoms with Gasteiger partial charge in [0.15, 0.2) is 12.1 Å². The lowest BCUT2D eigenvalue weighted by molar-refractivity contribution is -0.127. The van der Waals surface area contributed by atoms with Gasteiger partial charge in [0.2, 0.25) is 5.91 Å². The summed E-state index contributed by atoms with van der Waals surface area (Å²) in [5.41, 5.74) is -0.0272. The summed E-state index contributed by atoms with van der Waals surface area (Å²) in [4.78, 5) is 41.3. The number of nitrogens with one attached hydrogen (secondary N) is 1. The Morgan fingerprint density at radius 3 is 2.33 bits per heavy atom. The summed E-state index contributed by atoms with van der Waals surface area (Å²) in [7, 11) is 0. The molecule has 0 radical (unpaired) electrons. The Morgan fingerprint density at radius 1 is 1.02 bits per heavy atom. The lowest BCUT2D eigenvalue weighted by Crippen LogP contribution is -2.53. The van der Waals surface area contributed by atoms with Crippen molar-refractivity contribution in [2.75, 3.05) is 4.90 Å². The van der Waals surface area contributed by atoms with Crippen LogP contribution < -0.4 is 10.2 Å². The molecule has 1 unspecified atom stereocenters. The Hall–Kier alpha value is -4.61. The number of rotatable bonds is 8. The molecule has 10 nitrogen and oxygen atoms in total. The molecule has 0 fully saturated rings. The highest BCUT2D eigenvalue weighted by atomic mass is 35.5. The van der Waals surface area contributed by atoms with Gasteiger partial charge in [-0.15, -0.1) is 15.0 Å². The molecule has 2 amide bonds. The number of para-hydroxylation sites is 1. The topological polar surface area (TPSA) is 130 Å². The van der Waals surface area contributed by atoms with Crippen LogP contribution in [0.15, 0.2) is 73.1 Å². The van der Waals surface area contributed by atoms with Crippen LogP contribution in [0.5, 0.6) is 0 Å². The number of benzene rings is 3. The first-order valence-electron chi connectivity index (χ1n) is 12.5. The minimum absolute atomic E-state index is 0.0609. The number of carbonyl (C=O) groups excluding carboxylic acids is 2. The third kappa shape index (κ3) is 6.64. The van der Waals surface area contributed by atoms with Gasteiger partial charge in [0.05, 0.1) is 27.0 Å². The standard InChI is InChI=1S/C29H25Cl2FN6O4/c1-29(2,3)26(35-24(39)14-11-20-23(38-34-16-33-36-38)13-12-21(30)25(20)32)27(40)37(17-7-5-4-6-8-17)18-9-10-19(28(41)42)22(31)15-18/h4-16,26H,1-3H3,(H,35,39)(H,41,42). The van der Waals surface area contributed by atoms with E-state index >= 15 is 0 Å². The molecular weight excluding hydrogens is 586 g/mol. The molecule has 3 aromatic carbocycles. The van der Waals surface area contributed by atoms with Crippen molar-refractivity contribution < 1.29 is 23.9 Å². The summed E-state index contributed by atoms with van der Waals surface area (Å²) in [6, 6.07) is 14.5. The van der Waals surface area contributed by atoms with Crippen LogP contribution in [0.4, 0.5) is 15.8 Å². The van der Waals surface area contributed by atoms with E-state index in [0.29, 0.717) is 11.4 Å². The molecule has 1 atom stereocenters. The molecule has 0 saturated carbocycles. The van der Waals surface area contributed by atoms with Crippen LogP contribution in [-0.4, -0.2) is 49.1 Å². The minimum Gasteiger partial charge on any atom is -0.478 e. The van der Waals surface area contributed by atoms with E-state index < -0.39 is 35.1 Å². The number of carbonyl (C=O) groups is 3. The zero-order chi connectivity index (χ0) is 30.6. The summed E-state index contributed by atoms with van der Waals surface area (Å²) in [5, 5.41) is 23.2. The average Bonchev–Trinajstić information content (AvgIpc) is 3.47. The average molecular weight is 611 g/mol. The number of amides is 2. The largest absolute Gasteiger partial charge is 0.478 e. The van der Waals surface area contributed by atoms with Crippen LogP contribution in [-0.2, 0) is 9.59 Å². The van der Waals surface area contributed by atoms with E-state index in [1.54, 1.807) is 51.1 Å². The number of anilines is 2. The smallest absolute Gasteiger partial charge is 0.337 e. The number of hydrogen-bond donors (Lipinski definition) is 2. The number of aromatic carboxylic acids is 1. The van der Waals surface area contributed by atoms with Gasteiger partial charge < -0.3 is 10.4 Å². The molecule has 0 aliphatic heterocycles. The lowest BCUT2D eigenvalue weighted by atomic mass is 9.85. The highest BCUT2D eigenvalue weighted by Crippen LogP contribution is 2.33. The maximum Gasteiger partial charge on any atom is 0.337 e. The lowest BCUT2D eigenvalue weighted by Gasteiger charge is -2.35. The molecular formula is C29H25Cl2FN6O4. The molecule has 1 heterocycles. The number of aromatic nitrogens is 4. The molecule has 42 heavy (non-hydrogen) atoms. The summed E-state index contributed by atoms with van der Waals surface area (Å²) in [6.45, 7) is 5.32. The Morgan fingerprint density at radius 2 is 1.74 bits per heavy atom. The first-order chi connectivity index (χ1) is 19.9. The zero-order valence-electron chi connectivity index (χ0n) is 22.6. The first kappa shape index (κ1) is 30.4. The molecule has 13 heteroatoms. The van der Waals surface area contributed by atoms with Crippen molar-refractivity contribution in [3.8, 4) is 5.69 Å². The van der Waals surface area contributed by atoms with Gasteiger partial charge in [-0.25, -0.2) is 9.18 Å². The van der Waals surface area contributed by atoms with E-state index in [1.165, 1.54) is 47.6 Å². The predicted octanol–water partition coefficient (Wildman–Crippen LogP) is 5.72. The van der Waals surface area contributed by atoms with Crippen LogP contribution in [0.2, 0.25) is 10.0 Å². The summed E-state index contributed by atoms with van der Waals surface area (Å²) < 4.78 is 15.0. The quantitative estimate of drug-likeness (QED) is 0.244. The van der Waals surface area contributed by atoms with E-state index in [-0.39, 0.29) is 26.9 Å².